The van der Waals surface area contributed by atoms with E-state index in [1.54, 1.807) is 36.9 Å². The lowest BCUT2D eigenvalue weighted by atomic mass is 10.2. The average molecular weight is 434 g/mol. The highest BCUT2D eigenvalue weighted by Gasteiger charge is 2.19. The molecule has 152 valence electrons. The van der Waals surface area contributed by atoms with Crippen molar-refractivity contribution >= 4 is 35.0 Å². The number of ether oxygens (including phenoxy) is 2. The minimum atomic E-state index is -0.420. The van der Waals surface area contributed by atoms with Gasteiger partial charge in [0.15, 0.2) is 0 Å². The maximum atomic E-state index is 12.5. The van der Waals surface area contributed by atoms with E-state index in [1.807, 2.05) is 24.3 Å². The van der Waals surface area contributed by atoms with Crippen LogP contribution in [0.2, 0.25) is 5.02 Å². The summed E-state index contributed by atoms with van der Waals surface area (Å²) < 4.78 is 11.9. The average Bonchev–Trinajstić information content (AvgIpc) is 3.15. The first kappa shape index (κ1) is 20.9. The number of anilines is 1. The van der Waals surface area contributed by atoms with Crippen molar-refractivity contribution in [2.24, 2.45) is 0 Å². The van der Waals surface area contributed by atoms with Crippen molar-refractivity contribution in [3.8, 4) is 11.5 Å². The van der Waals surface area contributed by atoms with Gasteiger partial charge in [-0.1, -0.05) is 35.5 Å². The Kier molecular flexibility index (Phi) is 6.95. The van der Waals surface area contributed by atoms with Crippen LogP contribution in [-0.2, 0) is 11.3 Å². The predicted octanol–water partition coefficient (Wildman–Crippen LogP) is 3.51. The lowest BCUT2D eigenvalue weighted by Gasteiger charge is -2.13. The molecule has 10 heteroatoms. The predicted molar refractivity (Wildman–Crippen MR) is 112 cm³/mol. The molecule has 1 aromatic heterocycles. The molecule has 3 aromatic rings. The number of halogens is 1. The van der Waals surface area contributed by atoms with Crippen LogP contribution < -0.4 is 14.8 Å². The van der Waals surface area contributed by atoms with Crippen molar-refractivity contribution < 1.29 is 14.3 Å². The van der Waals surface area contributed by atoms with E-state index in [0.29, 0.717) is 28.2 Å². The summed E-state index contributed by atoms with van der Waals surface area (Å²) >= 11 is 7.38. The second-order valence-corrected chi connectivity index (χ2v) is 7.78. The molecule has 8 nitrogen and oxygen atoms in total. The van der Waals surface area contributed by atoms with Gasteiger partial charge in [0.1, 0.15) is 11.5 Å². The van der Waals surface area contributed by atoms with Crippen LogP contribution in [0.15, 0.2) is 47.6 Å². The van der Waals surface area contributed by atoms with E-state index < -0.39 is 5.25 Å². The molecular weight excluding hydrogens is 414 g/mol. The normalized spacial score (nSPS) is 11.7. The number of nitrogens with zero attached hydrogens (tertiary/aromatic N) is 4. The number of carbonyl (C=O) groups excluding carboxylic acids is 1. The van der Waals surface area contributed by atoms with Gasteiger partial charge in [-0.25, -0.2) is 4.68 Å². The fourth-order valence-corrected chi connectivity index (χ4v) is 3.53. The monoisotopic (exact) mass is 433 g/mol. The Morgan fingerprint density at radius 1 is 1.21 bits per heavy atom. The number of thioether (sulfide) groups is 1. The quantitative estimate of drug-likeness (QED) is 0.543. The molecule has 1 amide bonds. The van der Waals surface area contributed by atoms with E-state index in [4.69, 9.17) is 21.1 Å². The molecular formula is C19H20ClN5O3S. The zero-order valence-electron chi connectivity index (χ0n) is 16.1. The summed E-state index contributed by atoms with van der Waals surface area (Å²) in [5.74, 6) is 1.14. The van der Waals surface area contributed by atoms with Crippen molar-refractivity contribution in [3.63, 3.8) is 0 Å². The van der Waals surface area contributed by atoms with E-state index in [2.05, 4.69) is 20.8 Å². The summed E-state index contributed by atoms with van der Waals surface area (Å²) in [5, 5.41) is 15.2. The van der Waals surface area contributed by atoms with Gasteiger partial charge in [-0.15, -0.1) is 5.10 Å². The van der Waals surface area contributed by atoms with Gasteiger partial charge < -0.3 is 14.8 Å². The Balaban J connectivity index is 1.63. The molecule has 1 unspecified atom stereocenters. The largest absolute Gasteiger partial charge is 0.497 e. The molecule has 0 saturated heterocycles. The number of aromatic nitrogens is 4. The van der Waals surface area contributed by atoms with Gasteiger partial charge in [0.25, 0.3) is 0 Å². The molecule has 29 heavy (non-hydrogen) atoms. The van der Waals surface area contributed by atoms with Crippen molar-refractivity contribution in [3.05, 3.63) is 53.1 Å². The number of amides is 1. The summed E-state index contributed by atoms with van der Waals surface area (Å²) in [4.78, 5) is 12.5. The van der Waals surface area contributed by atoms with Crippen LogP contribution in [0.4, 0.5) is 5.69 Å². The van der Waals surface area contributed by atoms with Crippen LogP contribution in [0.25, 0.3) is 0 Å². The third kappa shape index (κ3) is 5.39. The number of tetrazole rings is 1. The highest BCUT2D eigenvalue weighted by atomic mass is 35.5. The third-order valence-electron chi connectivity index (χ3n) is 4.06. The zero-order valence-corrected chi connectivity index (χ0v) is 17.7. The van der Waals surface area contributed by atoms with E-state index >= 15 is 0 Å². The maximum absolute atomic E-state index is 12.5. The maximum Gasteiger partial charge on any atom is 0.237 e. The molecule has 0 aliphatic carbocycles. The van der Waals surface area contributed by atoms with Crippen LogP contribution in [0.5, 0.6) is 11.5 Å². The Labute approximate surface area is 177 Å². The molecule has 0 aliphatic heterocycles. The molecule has 1 heterocycles. The van der Waals surface area contributed by atoms with E-state index in [9.17, 15) is 4.79 Å². The summed E-state index contributed by atoms with van der Waals surface area (Å²) in [6, 6.07) is 12.7. The fraction of sp³-hybridized carbons (Fsp3) is 0.263. The minimum Gasteiger partial charge on any atom is -0.497 e. The Bertz CT molecular complexity index is 980. The molecule has 0 aliphatic rings. The standard InChI is InChI=1S/C19H20ClN5O3S/c1-12(18(26)21-14-6-9-17(28-3)16(20)10-14)29-19-22-23-24-25(19)11-13-4-7-15(27-2)8-5-13/h4-10,12H,11H2,1-3H3,(H,21,26). The van der Waals surface area contributed by atoms with Gasteiger partial charge in [0.05, 0.1) is 31.0 Å². The number of nitrogens with one attached hydrogen (secondary N) is 1. The molecule has 0 spiro atoms. The zero-order chi connectivity index (χ0) is 20.8. The van der Waals surface area contributed by atoms with Crippen LogP contribution >= 0.6 is 23.4 Å². The Morgan fingerprint density at radius 2 is 1.97 bits per heavy atom. The van der Waals surface area contributed by atoms with Crippen molar-refractivity contribution in [1.82, 2.24) is 20.2 Å². The van der Waals surface area contributed by atoms with E-state index in [-0.39, 0.29) is 5.91 Å². The molecule has 0 fully saturated rings. The lowest BCUT2D eigenvalue weighted by molar-refractivity contribution is -0.115. The topological polar surface area (TPSA) is 91.2 Å². The summed E-state index contributed by atoms with van der Waals surface area (Å²) in [5.41, 5.74) is 1.61. The summed E-state index contributed by atoms with van der Waals surface area (Å²) in [6.07, 6.45) is 0. The molecule has 1 N–H and O–H groups in total. The first-order chi connectivity index (χ1) is 14.0. The minimum absolute atomic E-state index is 0.185. The number of hydrogen-bond acceptors (Lipinski definition) is 7. The fourth-order valence-electron chi connectivity index (χ4n) is 2.48. The Hall–Kier alpha value is -2.78. The number of hydrogen-bond donors (Lipinski definition) is 1. The van der Waals surface area contributed by atoms with Gasteiger partial charge in [-0.2, -0.15) is 0 Å². The Morgan fingerprint density at radius 3 is 2.62 bits per heavy atom. The van der Waals surface area contributed by atoms with Gasteiger partial charge in [0, 0.05) is 5.69 Å². The molecule has 3 rings (SSSR count). The SMILES string of the molecule is COc1ccc(Cn2nnnc2SC(C)C(=O)Nc2ccc(OC)c(Cl)c2)cc1. The van der Waals surface area contributed by atoms with E-state index in [1.165, 1.54) is 18.9 Å². The number of carbonyl (C=O) groups is 1. The van der Waals surface area contributed by atoms with Crippen molar-refractivity contribution in [2.45, 2.75) is 23.9 Å². The van der Waals surface area contributed by atoms with Gasteiger partial charge in [0.2, 0.25) is 11.1 Å². The third-order valence-corrected chi connectivity index (χ3v) is 5.43. The van der Waals surface area contributed by atoms with Gasteiger partial charge in [-0.05, 0) is 53.2 Å². The number of rotatable bonds is 8. The lowest BCUT2D eigenvalue weighted by Crippen LogP contribution is -2.23. The van der Waals surface area contributed by atoms with Crippen molar-refractivity contribution in [1.29, 1.82) is 0 Å². The highest BCUT2D eigenvalue weighted by Crippen LogP contribution is 2.28. The van der Waals surface area contributed by atoms with Crippen LogP contribution in [0.1, 0.15) is 12.5 Å². The smallest absolute Gasteiger partial charge is 0.237 e. The van der Waals surface area contributed by atoms with Gasteiger partial charge in [-0.3, -0.25) is 4.79 Å². The first-order valence-electron chi connectivity index (χ1n) is 8.70. The number of methoxy groups -OCH3 is 2. The molecule has 1 atom stereocenters. The first-order valence-corrected chi connectivity index (χ1v) is 9.96. The van der Waals surface area contributed by atoms with Crippen LogP contribution in [-0.4, -0.2) is 45.6 Å². The van der Waals surface area contributed by atoms with E-state index in [0.717, 1.165) is 11.3 Å². The van der Waals surface area contributed by atoms with Crippen LogP contribution in [0.3, 0.4) is 0 Å². The molecule has 0 radical (unpaired) electrons. The molecule has 0 bridgehead atoms. The van der Waals surface area contributed by atoms with Crippen molar-refractivity contribution in [2.75, 3.05) is 19.5 Å². The molecule has 0 saturated carbocycles. The summed E-state index contributed by atoms with van der Waals surface area (Å²) in [6.45, 7) is 2.28. The second kappa shape index (κ2) is 9.62. The van der Waals surface area contributed by atoms with Gasteiger partial charge >= 0.3 is 0 Å². The molecule has 2 aromatic carbocycles. The summed E-state index contributed by atoms with van der Waals surface area (Å²) in [7, 11) is 3.16. The highest BCUT2D eigenvalue weighted by molar-refractivity contribution is 8.00. The number of benzene rings is 2. The van der Waals surface area contributed by atoms with Crippen LogP contribution in [0, 0.1) is 0 Å². The second-order valence-electron chi connectivity index (χ2n) is 6.07.